The zero-order valence-corrected chi connectivity index (χ0v) is 7.90. The molecule has 0 aromatic heterocycles. The molecule has 1 unspecified atom stereocenters. The van der Waals surface area contributed by atoms with Crippen molar-refractivity contribution < 1.29 is 15.3 Å². The Balaban J connectivity index is 2.83. The van der Waals surface area contributed by atoms with Gasteiger partial charge in [-0.15, -0.1) is 4.89 Å². The van der Waals surface area contributed by atoms with Crippen molar-refractivity contribution >= 4 is 5.70 Å². The zero-order chi connectivity index (χ0) is 11.8. The molecule has 2 rings (SSSR count). The Morgan fingerprint density at radius 3 is 2.50 bits per heavy atom. The minimum absolute atomic E-state index is 0.172. The molecule has 0 aliphatic heterocycles. The molecule has 0 bridgehead atoms. The van der Waals surface area contributed by atoms with E-state index in [0.717, 1.165) is 0 Å². The lowest BCUT2D eigenvalue weighted by molar-refractivity contribution is -0.308. The van der Waals surface area contributed by atoms with E-state index in [1.54, 1.807) is 12.1 Å². The minimum Gasteiger partial charge on any atom is -0.497 e. The first kappa shape index (κ1) is 10.1. The van der Waals surface area contributed by atoms with E-state index in [1.165, 1.54) is 12.1 Å². The summed E-state index contributed by atoms with van der Waals surface area (Å²) in [6.45, 7) is 0. The van der Waals surface area contributed by atoms with E-state index >= 15 is 0 Å². The number of rotatable bonds is 1. The predicted molar refractivity (Wildman–Crippen MR) is 51.6 cm³/mol. The summed E-state index contributed by atoms with van der Waals surface area (Å²) in [4.78, 5) is 9.70. The number of aliphatic hydroxyl groups excluding tert-OH is 1. The van der Waals surface area contributed by atoms with Gasteiger partial charge in [0.15, 0.2) is 9.95 Å². The molecule has 0 saturated carbocycles. The Hall–Kier alpha value is -2.48. The molecule has 7 heteroatoms. The number of benzene rings is 1. The van der Waals surface area contributed by atoms with Crippen LogP contribution in [-0.2, 0) is 10.6 Å². The van der Waals surface area contributed by atoms with E-state index in [0.29, 0.717) is 5.56 Å². The van der Waals surface area contributed by atoms with E-state index in [-0.39, 0.29) is 11.3 Å². The first-order chi connectivity index (χ1) is 7.71. The molecule has 16 heavy (non-hydrogen) atoms. The van der Waals surface area contributed by atoms with Gasteiger partial charge in [0.2, 0.25) is 10.8 Å². The van der Waals surface area contributed by atoms with E-state index < -0.39 is 11.5 Å². The number of diazo groups is 2. The van der Waals surface area contributed by atoms with Gasteiger partial charge in [-0.1, -0.05) is 12.1 Å². The summed E-state index contributed by atoms with van der Waals surface area (Å²) in [5, 5.41) is 36.1. The number of nitrogens with zero attached hydrogens (tertiary/aromatic N) is 4. The molecule has 1 atom stereocenters. The minimum atomic E-state index is -2.14. The van der Waals surface area contributed by atoms with Crippen molar-refractivity contribution in [1.82, 2.24) is 0 Å². The van der Waals surface area contributed by atoms with Gasteiger partial charge in [0.05, 0.1) is 5.56 Å². The first-order valence-corrected chi connectivity index (χ1v) is 4.28. The second-order valence-corrected chi connectivity index (χ2v) is 3.18. The molecule has 7 nitrogen and oxygen atoms in total. The van der Waals surface area contributed by atoms with Crippen LogP contribution < -0.4 is 0 Å². The third kappa shape index (κ3) is 0.956. The Labute approximate surface area is 89.4 Å². The third-order valence-electron chi connectivity index (χ3n) is 2.47. The lowest BCUT2D eigenvalue weighted by Crippen LogP contribution is -2.24. The van der Waals surface area contributed by atoms with E-state index in [4.69, 9.17) is 16.0 Å². The summed E-state index contributed by atoms with van der Waals surface area (Å²) >= 11 is 0. The first-order valence-electron chi connectivity index (χ1n) is 4.28. The van der Waals surface area contributed by atoms with Crippen LogP contribution in [0.3, 0.4) is 0 Å². The molecule has 0 saturated heterocycles. The van der Waals surface area contributed by atoms with Gasteiger partial charge >= 0.3 is 17.2 Å². The highest BCUT2D eigenvalue weighted by atomic mass is 17.1. The lowest BCUT2D eigenvalue weighted by Gasteiger charge is -2.04. The molecular weight excluding hydrogens is 212 g/mol. The largest absolute Gasteiger partial charge is 0.544 e. The fourth-order valence-electron chi connectivity index (χ4n) is 1.71. The van der Waals surface area contributed by atoms with E-state index in [2.05, 4.69) is 14.8 Å². The van der Waals surface area contributed by atoms with Crippen molar-refractivity contribution in [3.8, 4) is 0 Å². The SMILES string of the molecule is N#[N+]C1=C(O)C([N+]#N)(OO)c2ccccc21. The summed E-state index contributed by atoms with van der Waals surface area (Å²) in [6, 6.07) is 6.19. The van der Waals surface area contributed by atoms with Gasteiger partial charge in [0, 0.05) is 0 Å². The average molecular weight is 218 g/mol. The monoisotopic (exact) mass is 218 g/mol. The molecule has 1 aromatic rings. The van der Waals surface area contributed by atoms with Crippen LogP contribution in [0.15, 0.2) is 30.0 Å². The molecule has 0 radical (unpaired) electrons. The second-order valence-electron chi connectivity index (χ2n) is 3.18. The summed E-state index contributed by atoms with van der Waals surface area (Å²) in [6.07, 6.45) is 0. The van der Waals surface area contributed by atoms with Gasteiger partial charge < -0.3 is 5.11 Å². The highest BCUT2D eigenvalue weighted by Crippen LogP contribution is 2.47. The van der Waals surface area contributed by atoms with Crippen LogP contribution in [0.5, 0.6) is 0 Å². The Bertz CT molecular complexity index is 569. The van der Waals surface area contributed by atoms with Crippen LogP contribution in [0.4, 0.5) is 0 Å². The van der Waals surface area contributed by atoms with Gasteiger partial charge in [-0.2, -0.15) is 0 Å². The van der Waals surface area contributed by atoms with E-state index in [1.807, 2.05) is 0 Å². The van der Waals surface area contributed by atoms with Crippen molar-refractivity contribution in [2.24, 2.45) is 0 Å². The van der Waals surface area contributed by atoms with Gasteiger partial charge in [-0.25, -0.2) is 5.26 Å². The average Bonchev–Trinajstić information content (AvgIpc) is 2.58. The molecule has 1 aliphatic rings. The molecule has 0 heterocycles. The number of hydrogen-bond donors (Lipinski definition) is 2. The molecule has 1 aliphatic carbocycles. The topological polar surface area (TPSA) is 106 Å². The molecule has 0 spiro atoms. The van der Waals surface area contributed by atoms with Crippen LogP contribution in [0.25, 0.3) is 15.6 Å². The van der Waals surface area contributed by atoms with E-state index in [9.17, 15) is 5.11 Å². The van der Waals surface area contributed by atoms with Crippen LogP contribution >= 0.6 is 0 Å². The maximum absolute atomic E-state index is 9.71. The Morgan fingerprint density at radius 2 is 1.94 bits per heavy atom. The van der Waals surface area contributed by atoms with Crippen molar-refractivity contribution in [1.29, 1.82) is 10.8 Å². The fraction of sp³-hybridized carbons (Fsp3) is 0.111. The highest BCUT2D eigenvalue weighted by molar-refractivity contribution is 5.81. The lowest BCUT2D eigenvalue weighted by atomic mass is 10.0. The number of aliphatic hydroxyl groups is 1. The van der Waals surface area contributed by atoms with Crippen LogP contribution in [0.1, 0.15) is 11.1 Å². The fourth-order valence-corrected chi connectivity index (χ4v) is 1.71. The molecular formula is C9H6N4O3+2. The maximum atomic E-state index is 9.71. The number of fused-ring (bicyclic) bond motifs is 1. The Kier molecular flexibility index (Phi) is 2.06. The molecule has 78 valence electrons. The van der Waals surface area contributed by atoms with Crippen molar-refractivity contribution in [3.05, 3.63) is 51.1 Å². The smallest absolute Gasteiger partial charge is 0.497 e. The van der Waals surface area contributed by atoms with Crippen molar-refractivity contribution in [3.63, 3.8) is 0 Å². The van der Waals surface area contributed by atoms with Crippen molar-refractivity contribution in [2.75, 3.05) is 0 Å². The van der Waals surface area contributed by atoms with Crippen LogP contribution in [0.2, 0.25) is 0 Å². The normalized spacial score (nSPS) is 22.4. The van der Waals surface area contributed by atoms with Crippen LogP contribution in [0, 0.1) is 10.8 Å². The highest BCUT2D eigenvalue weighted by Gasteiger charge is 2.66. The predicted octanol–water partition coefficient (Wildman–Crippen LogP) is 2.28. The quantitative estimate of drug-likeness (QED) is 0.427. The van der Waals surface area contributed by atoms with Crippen LogP contribution in [-0.4, -0.2) is 10.4 Å². The Morgan fingerprint density at radius 1 is 1.25 bits per heavy atom. The number of hydrogen-bond acceptors (Lipinski definition) is 5. The molecule has 1 aromatic carbocycles. The van der Waals surface area contributed by atoms with Crippen molar-refractivity contribution in [2.45, 2.75) is 5.72 Å². The molecule has 0 amide bonds. The summed E-state index contributed by atoms with van der Waals surface area (Å²) in [5.74, 6) is -0.693. The maximum Gasteiger partial charge on any atom is 0.544 e. The second kappa shape index (κ2) is 3.28. The standard InChI is InChI=1S/C9H4N4O3/c10-12-7-5-3-1-2-4-6(5)9(13-11,16-15)8(7)14/h1-4H/p+2. The zero-order valence-electron chi connectivity index (χ0n) is 7.90. The molecule has 0 fully saturated rings. The van der Waals surface area contributed by atoms with Gasteiger partial charge in [-0.3, -0.25) is 0 Å². The van der Waals surface area contributed by atoms with Gasteiger partial charge in [0.25, 0.3) is 0 Å². The summed E-state index contributed by atoms with van der Waals surface area (Å²) in [5.41, 5.74) is -1.89. The summed E-state index contributed by atoms with van der Waals surface area (Å²) in [7, 11) is 0. The third-order valence-corrected chi connectivity index (χ3v) is 2.47. The van der Waals surface area contributed by atoms with Gasteiger partial charge in [-0.05, 0) is 12.1 Å². The molecule has 2 N–H and O–H groups in total. The van der Waals surface area contributed by atoms with Gasteiger partial charge in [0.1, 0.15) is 5.56 Å². The summed E-state index contributed by atoms with van der Waals surface area (Å²) < 4.78 is 0.